The molecule has 0 saturated carbocycles. The fraction of sp³-hybridized carbons (Fsp3) is 0.211. The Labute approximate surface area is 150 Å². The molecule has 6 nitrogen and oxygen atoms in total. The van der Waals surface area contributed by atoms with E-state index in [1.54, 1.807) is 43.3 Å². The number of hydrogen-bond acceptors (Lipinski definition) is 5. The van der Waals surface area contributed by atoms with Crippen LogP contribution < -0.4 is 9.47 Å². The minimum absolute atomic E-state index is 0.0860. The molecule has 0 bridgehead atoms. The van der Waals surface area contributed by atoms with Gasteiger partial charge in [-0.05, 0) is 49.7 Å². The Morgan fingerprint density at radius 2 is 1.81 bits per heavy atom. The summed E-state index contributed by atoms with van der Waals surface area (Å²) in [5.41, 5.74) is 0.599. The van der Waals surface area contributed by atoms with Crippen LogP contribution in [0.1, 0.15) is 29.8 Å². The maximum atomic E-state index is 13.1. The molecule has 26 heavy (non-hydrogen) atoms. The molecule has 0 aliphatic rings. The summed E-state index contributed by atoms with van der Waals surface area (Å²) in [6.07, 6.45) is 0.838. The molecule has 0 atom stereocenters. The predicted molar refractivity (Wildman–Crippen MR) is 93.2 cm³/mol. The molecule has 0 aliphatic heterocycles. The number of hydrogen-bond donors (Lipinski definition) is 0. The van der Waals surface area contributed by atoms with Crippen LogP contribution in [0.25, 0.3) is 5.69 Å². The highest BCUT2D eigenvalue weighted by Gasteiger charge is 2.19. The predicted octanol–water partition coefficient (Wildman–Crippen LogP) is 3.72. The lowest BCUT2D eigenvalue weighted by atomic mass is 10.3. The van der Waals surface area contributed by atoms with Crippen molar-refractivity contribution in [2.75, 3.05) is 6.61 Å². The highest BCUT2D eigenvalue weighted by atomic mass is 19.1. The van der Waals surface area contributed by atoms with E-state index in [2.05, 4.69) is 10.1 Å². The normalized spacial score (nSPS) is 10.6. The largest absolute Gasteiger partial charge is 0.490 e. The smallest absolute Gasteiger partial charge is 0.383 e. The third kappa shape index (κ3) is 3.88. The van der Waals surface area contributed by atoms with Gasteiger partial charge in [-0.3, -0.25) is 0 Å². The van der Waals surface area contributed by atoms with E-state index in [-0.39, 0.29) is 11.6 Å². The number of nitrogens with zero attached hydrogens (tertiary/aromatic N) is 3. The van der Waals surface area contributed by atoms with Crippen molar-refractivity contribution in [3.05, 3.63) is 66.0 Å². The number of aromatic nitrogens is 3. The molecule has 0 fully saturated rings. The van der Waals surface area contributed by atoms with Gasteiger partial charge in [0.05, 0.1) is 12.3 Å². The summed E-state index contributed by atoms with van der Waals surface area (Å²) < 4.78 is 25.5. The molecule has 0 spiro atoms. The quantitative estimate of drug-likeness (QED) is 0.498. The first-order chi connectivity index (χ1) is 12.6. The molecule has 0 saturated heterocycles. The van der Waals surface area contributed by atoms with E-state index in [0.717, 1.165) is 6.42 Å². The third-order valence-corrected chi connectivity index (χ3v) is 3.54. The third-order valence-electron chi connectivity index (χ3n) is 3.54. The van der Waals surface area contributed by atoms with Gasteiger partial charge in [-0.25, -0.2) is 18.9 Å². The van der Waals surface area contributed by atoms with Crippen LogP contribution in [0.2, 0.25) is 0 Å². The summed E-state index contributed by atoms with van der Waals surface area (Å²) in [7, 11) is 0. The number of carbonyl (C=O) groups excluding carboxylic acids is 1. The first-order valence-electron chi connectivity index (χ1n) is 8.22. The maximum Gasteiger partial charge on any atom is 0.383 e. The van der Waals surface area contributed by atoms with E-state index in [4.69, 9.17) is 9.47 Å². The van der Waals surface area contributed by atoms with Crippen LogP contribution in [0.15, 0.2) is 48.5 Å². The number of carbonyl (C=O) groups is 1. The molecular weight excluding hydrogens is 337 g/mol. The maximum absolute atomic E-state index is 13.1. The highest BCUT2D eigenvalue weighted by Crippen LogP contribution is 2.27. The van der Waals surface area contributed by atoms with Gasteiger partial charge in [-0.2, -0.15) is 0 Å². The van der Waals surface area contributed by atoms with Gasteiger partial charge in [-0.15, -0.1) is 5.10 Å². The van der Waals surface area contributed by atoms with Crippen LogP contribution in [-0.4, -0.2) is 27.3 Å². The van der Waals surface area contributed by atoms with Gasteiger partial charge in [-0.1, -0.05) is 19.1 Å². The minimum Gasteiger partial charge on any atom is -0.490 e. The average Bonchev–Trinajstić information content (AvgIpc) is 3.03. The summed E-state index contributed by atoms with van der Waals surface area (Å²) in [6.45, 7) is 4.21. The zero-order chi connectivity index (χ0) is 18.5. The van der Waals surface area contributed by atoms with E-state index in [1.165, 1.54) is 16.8 Å². The number of ether oxygens (including phenoxy) is 2. The lowest BCUT2D eigenvalue weighted by molar-refractivity contribution is 0.0715. The van der Waals surface area contributed by atoms with Crippen molar-refractivity contribution in [1.29, 1.82) is 0 Å². The number of rotatable bonds is 6. The summed E-state index contributed by atoms with van der Waals surface area (Å²) in [6, 6.07) is 12.7. The van der Waals surface area contributed by atoms with Gasteiger partial charge in [0.15, 0.2) is 11.5 Å². The van der Waals surface area contributed by atoms with Gasteiger partial charge in [0.2, 0.25) is 0 Å². The van der Waals surface area contributed by atoms with Gasteiger partial charge in [0.25, 0.3) is 5.82 Å². The second-order valence-electron chi connectivity index (χ2n) is 5.56. The summed E-state index contributed by atoms with van der Waals surface area (Å²) in [5.74, 6) is 0.145. The SMILES string of the molecule is CCCOc1ccccc1OC(=O)c1nc(C)n(-c2ccc(F)cc2)n1. The Hall–Kier alpha value is -3.22. The second-order valence-corrected chi connectivity index (χ2v) is 5.56. The Bertz CT molecular complexity index is 907. The Morgan fingerprint density at radius 3 is 2.50 bits per heavy atom. The van der Waals surface area contributed by atoms with Crippen LogP contribution in [-0.2, 0) is 0 Å². The van der Waals surface area contributed by atoms with Crippen molar-refractivity contribution in [3.63, 3.8) is 0 Å². The number of para-hydroxylation sites is 2. The lowest BCUT2D eigenvalue weighted by Crippen LogP contribution is -2.12. The number of halogens is 1. The molecule has 0 amide bonds. The van der Waals surface area contributed by atoms with Crippen molar-refractivity contribution in [2.45, 2.75) is 20.3 Å². The van der Waals surface area contributed by atoms with Gasteiger partial charge in [0, 0.05) is 0 Å². The van der Waals surface area contributed by atoms with Crippen molar-refractivity contribution in [3.8, 4) is 17.2 Å². The fourth-order valence-corrected chi connectivity index (χ4v) is 2.31. The van der Waals surface area contributed by atoms with Gasteiger partial charge in [0.1, 0.15) is 11.6 Å². The molecular formula is C19H18FN3O3. The minimum atomic E-state index is -0.693. The Kier molecular flexibility index (Phi) is 5.26. The number of esters is 1. The van der Waals surface area contributed by atoms with Crippen LogP contribution in [0.4, 0.5) is 4.39 Å². The zero-order valence-electron chi connectivity index (χ0n) is 14.5. The molecule has 1 aromatic heterocycles. The summed E-state index contributed by atoms with van der Waals surface area (Å²) in [5, 5.41) is 4.17. The summed E-state index contributed by atoms with van der Waals surface area (Å²) in [4.78, 5) is 16.6. The van der Waals surface area contributed by atoms with Crippen molar-refractivity contribution < 1.29 is 18.7 Å². The monoisotopic (exact) mass is 355 g/mol. The van der Waals surface area contributed by atoms with Crippen molar-refractivity contribution in [2.24, 2.45) is 0 Å². The molecule has 0 radical (unpaired) electrons. The van der Waals surface area contributed by atoms with E-state index in [0.29, 0.717) is 29.6 Å². The van der Waals surface area contributed by atoms with Crippen LogP contribution >= 0.6 is 0 Å². The first-order valence-corrected chi connectivity index (χ1v) is 8.22. The Morgan fingerprint density at radius 1 is 1.12 bits per heavy atom. The second kappa shape index (κ2) is 7.77. The average molecular weight is 355 g/mol. The molecule has 0 unspecified atom stereocenters. The van der Waals surface area contributed by atoms with Crippen molar-refractivity contribution in [1.82, 2.24) is 14.8 Å². The molecule has 3 aromatic rings. The van der Waals surface area contributed by atoms with Crippen LogP contribution in [0.5, 0.6) is 11.5 Å². The molecule has 3 rings (SSSR count). The molecule has 0 aliphatic carbocycles. The fourth-order valence-electron chi connectivity index (χ4n) is 2.31. The highest BCUT2D eigenvalue weighted by molar-refractivity contribution is 5.87. The lowest BCUT2D eigenvalue weighted by Gasteiger charge is -2.09. The van der Waals surface area contributed by atoms with E-state index >= 15 is 0 Å². The standard InChI is InChI=1S/C19H18FN3O3/c1-3-12-25-16-6-4-5-7-17(16)26-19(24)18-21-13(2)23(22-18)15-10-8-14(20)9-11-15/h4-11H,3,12H2,1-2H3. The molecule has 7 heteroatoms. The van der Waals surface area contributed by atoms with Gasteiger partial charge >= 0.3 is 5.97 Å². The van der Waals surface area contributed by atoms with E-state index < -0.39 is 5.97 Å². The first kappa shape index (κ1) is 17.6. The zero-order valence-corrected chi connectivity index (χ0v) is 14.5. The topological polar surface area (TPSA) is 66.2 Å². The van der Waals surface area contributed by atoms with Crippen molar-refractivity contribution >= 4 is 5.97 Å². The Balaban J connectivity index is 1.81. The number of aryl methyl sites for hydroxylation is 1. The van der Waals surface area contributed by atoms with Gasteiger partial charge < -0.3 is 9.47 Å². The van der Waals surface area contributed by atoms with Crippen LogP contribution in [0.3, 0.4) is 0 Å². The van der Waals surface area contributed by atoms with E-state index in [1.807, 2.05) is 6.92 Å². The molecule has 0 N–H and O–H groups in total. The van der Waals surface area contributed by atoms with E-state index in [9.17, 15) is 9.18 Å². The molecule has 1 heterocycles. The molecule has 134 valence electrons. The summed E-state index contributed by atoms with van der Waals surface area (Å²) >= 11 is 0. The van der Waals surface area contributed by atoms with Crippen LogP contribution in [0, 0.1) is 12.7 Å². The molecule has 2 aromatic carbocycles. The number of benzene rings is 2.